The van der Waals surface area contributed by atoms with Crippen molar-refractivity contribution in [3.63, 3.8) is 0 Å². The molecule has 0 saturated carbocycles. The van der Waals surface area contributed by atoms with E-state index >= 15 is 0 Å². The molecule has 0 atom stereocenters. The Kier molecular flexibility index (Phi) is 7.83. The van der Waals surface area contributed by atoms with Gasteiger partial charge in [-0.1, -0.05) is 17.7 Å². The number of ether oxygens (including phenoxy) is 2. The second-order valence-corrected chi connectivity index (χ2v) is 8.21. The van der Waals surface area contributed by atoms with Crippen molar-refractivity contribution in [1.82, 2.24) is 0 Å². The SMILES string of the molecule is CCOc1cc(C=Nc2cccc(Cl)c2C)cc(Br)c1Oc1ccc(C(F)(F)F)cc1[N+](=O)[O-]. The molecule has 0 saturated heterocycles. The summed E-state index contributed by atoms with van der Waals surface area (Å²) in [4.78, 5) is 14.9. The topological polar surface area (TPSA) is 74.0 Å². The highest BCUT2D eigenvalue weighted by Gasteiger charge is 2.33. The predicted molar refractivity (Wildman–Crippen MR) is 127 cm³/mol. The molecule has 0 aromatic heterocycles. The van der Waals surface area contributed by atoms with Gasteiger partial charge in [-0.15, -0.1) is 0 Å². The van der Waals surface area contributed by atoms with E-state index in [9.17, 15) is 23.3 Å². The van der Waals surface area contributed by atoms with Crippen molar-refractivity contribution < 1.29 is 27.6 Å². The zero-order valence-corrected chi connectivity index (χ0v) is 20.2. The summed E-state index contributed by atoms with van der Waals surface area (Å²) in [6.45, 7) is 3.81. The summed E-state index contributed by atoms with van der Waals surface area (Å²) in [6, 6.07) is 10.6. The van der Waals surface area contributed by atoms with E-state index in [0.717, 1.165) is 11.6 Å². The molecule has 0 spiro atoms. The first-order chi connectivity index (χ1) is 16.0. The van der Waals surface area contributed by atoms with E-state index in [0.29, 0.717) is 32.9 Å². The van der Waals surface area contributed by atoms with E-state index in [-0.39, 0.29) is 23.9 Å². The highest BCUT2D eigenvalue weighted by Crippen LogP contribution is 2.43. The summed E-state index contributed by atoms with van der Waals surface area (Å²) in [5.41, 5.74) is 0.107. The fraction of sp³-hybridized carbons (Fsp3) is 0.174. The lowest BCUT2D eigenvalue weighted by molar-refractivity contribution is -0.385. The van der Waals surface area contributed by atoms with E-state index in [4.69, 9.17) is 21.1 Å². The molecule has 0 fully saturated rings. The van der Waals surface area contributed by atoms with Crippen LogP contribution in [0.4, 0.5) is 24.5 Å². The maximum absolute atomic E-state index is 13.0. The van der Waals surface area contributed by atoms with Gasteiger partial charge in [0, 0.05) is 17.3 Å². The number of benzene rings is 3. The van der Waals surface area contributed by atoms with Crippen LogP contribution >= 0.6 is 27.5 Å². The molecule has 178 valence electrons. The van der Waals surface area contributed by atoms with Gasteiger partial charge in [-0.25, -0.2) is 0 Å². The molecule has 11 heteroatoms. The standard InChI is InChI=1S/C23H17BrClF3N2O4/c1-3-33-21-10-14(12-29-18-6-4-5-17(25)13(18)2)9-16(24)22(21)34-20-8-7-15(23(26,27)28)11-19(20)30(31)32/h4-12H,3H2,1-2H3. The van der Waals surface area contributed by atoms with Gasteiger partial charge in [-0.05, 0) is 77.3 Å². The molecule has 0 aliphatic rings. The molecule has 3 rings (SSSR count). The second kappa shape index (κ2) is 10.4. The minimum absolute atomic E-state index is 0.0702. The van der Waals surface area contributed by atoms with E-state index in [1.165, 1.54) is 0 Å². The Morgan fingerprint density at radius 1 is 1.18 bits per heavy atom. The molecule has 3 aromatic carbocycles. The minimum Gasteiger partial charge on any atom is -0.490 e. The monoisotopic (exact) mass is 556 g/mol. The normalized spacial score (nSPS) is 11.6. The van der Waals surface area contributed by atoms with Crippen LogP contribution in [0.25, 0.3) is 0 Å². The van der Waals surface area contributed by atoms with Gasteiger partial charge in [-0.3, -0.25) is 15.1 Å². The number of alkyl halides is 3. The van der Waals surface area contributed by atoms with Gasteiger partial charge < -0.3 is 9.47 Å². The third-order valence-electron chi connectivity index (χ3n) is 4.62. The highest BCUT2D eigenvalue weighted by atomic mass is 79.9. The van der Waals surface area contributed by atoms with Gasteiger partial charge in [0.15, 0.2) is 11.5 Å². The fourth-order valence-electron chi connectivity index (χ4n) is 2.94. The van der Waals surface area contributed by atoms with Gasteiger partial charge in [-0.2, -0.15) is 13.2 Å². The zero-order chi connectivity index (χ0) is 25.0. The second-order valence-electron chi connectivity index (χ2n) is 6.94. The molecule has 0 heterocycles. The summed E-state index contributed by atoms with van der Waals surface area (Å²) < 4.78 is 50.6. The number of hydrogen-bond acceptors (Lipinski definition) is 5. The van der Waals surface area contributed by atoms with E-state index in [2.05, 4.69) is 20.9 Å². The molecule has 0 amide bonds. The van der Waals surface area contributed by atoms with Gasteiger partial charge in [0.2, 0.25) is 5.75 Å². The maximum Gasteiger partial charge on any atom is 0.416 e. The molecule has 0 unspecified atom stereocenters. The van der Waals surface area contributed by atoms with Crippen molar-refractivity contribution in [2.45, 2.75) is 20.0 Å². The Hall–Kier alpha value is -3.11. The zero-order valence-electron chi connectivity index (χ0n) is 17.8. The van der Waals surface area contributed by atoms with Crippen LogP contribution in [0, 0.1) is 17.0 Å². The number of hydrogen-bond donors (Lipinski definition) is 0. The number of nitrogens with zero attached hydrogens (tertiary/aromatic N) is 2. The molecular formula is C23H17BrClF3N2O4. The van der Waals surface area contributed by atoms with Gasteiger partial charge in [0.05, 0.1) is 27.3 Å². The van der Waals surface area contributed by atoms with Crippen molar-refractivity contribution in [2.24, 2.45) is 4.99 Å². The lowest BCUT2D eigenvalue weighted by Gasteiger charge is -2.15. The lowest BCUT2D eigenvalue weighted by atomic mass is 10.1. The largest absolute Gasteiger partial charge is 0.490 e. The predicted octanol–water partition coefficient (Wildman–Crippen LogP) is 8.28. The van der Waals surface area contributed by atoms with Crippen LogP contribution in [-0.4, -0.2) is 17.7 Å². The van der Waals surface area contributed by atoms with E-state index in [1.54, 1.807) is 43.5 Å². The summed E-state index contributed by atoms with van der Waals surface area (Å²) >= 11 is 9.47. The van der Waals surface area contributed by atoms with Gasteiger partial charge in [0.1, 0.15) is 0 Å². The molecule has 0 radical (unpaired) electrons. The van der Waals surface area contributed by atoms with Crippen LogP contribution in [-0.2, 0) is 6.18 Å². The van der Waals surface area contributed by atoms with Crippen LogP contribution in [0.2, 0.25) is 5.02 Å². The van der Waals surface area contributed by atoms with Gasteiger partial charge in [0.25, 0.3) is 0 Å². The molecular weight excluding hydrogens is 541 g/mol. The third-order valence-corrected chi connectivity index (χ3v) is 5.62. The molecule has 0 bridgehead atoms. The summed E-state index contributed by atoms with van der Waals surface area (Å²) in [7, 11) is 0. The Balaban J connectivity index is 2.01. The van der Waals surface area contributed by atoms with Crippen molar-refractivity contribution in [3.8, 4) is 17.2 Å². The first-order valence-corrected chi connectivity index (χ1v) is 11.0. The number of nitro benzene ring substituents is 1. The van der Waals surface area contributed by atoms with Crippen LogP contribution in [0.1, 0.15) is 23.6 Å². The number of nitro groups is 1. The minimum atomic E-state index is -4.73. The Bertz CT molecular complexity index is 1270. The van der Waals surface area contributed by atoms with Crippen LogP contribution in [0.15, 0.2) is 58.0 Å². The van der Waals surface area contributed by atoms with Crippen LogP contribution in [0.5, 0.6) is 17.2 Å². The average molecular weight is 558 g/mol. The molecule has 0 aliphatic heterocycles. The van der Waals surface area contributed by atoms with Gasteiger partial charge >= 0.3 is 11.9 Å². The quantitative estimate of drug-likeness (QED) is 0.166. The molecule has 34 heavy (non-hydrogen) atoms. The molecule has 6 nitrogen and oxygen atoms in total. The van der Waals surface area contributed by atoms with E-state index in [1.807, 2.05) is 6.92 Å². The Morgan fingerprint density at radius 3 is 2.56 bits per heavy atom. The lowest BCUT2D eigenvalue weighted by Crippen LogP contribution is -2.06. The fourth-order valence-corrected chi connectivity index (χ4v) is 3.65. The van der Waals surface area contributed by atoms with Crippen LogP contribution < -0.4 is 9.47 Å². The Morgan fingerprint density at radius 2 is 1.91 bits per heavy atom. The summed E-state index contributed by atoms with van der Waals surface area (Å²) in [5, 5.41) is 12.0. The van der Waals surface area contributed by atoms with Crippen molar-refractivity contribution in [1.29, 1.82) is 0 Å². The Labute approximate surface area is 206 Å². The third kappa shape index (κ3) is 5.87. The number of rotatable bonds is 7. The first kappa shape index (κ1) is 25.5. The van der Waals surface area contributed by atoms with Crippen molar-refractivity contribution >= 4 is 45.1 Å². The van der Waals surface area contributed by atoms with Crippen molar-refractivity contribution in [2.75, 3.05) is 6.61 Å². The highest BCUT2D eigenvalue weighted by molar-refractivity contribution is 9.10. The molecule has 0 N–H and O–H groups in total. The summed E-state index contributed by atoms with van der Waals surface area (Å²) in [6.07, 6.45) is -3.15. The van der Waals surface area contributed by atoms with E-state index < -0.39 is 22.4 Å². The number of aliphatic imine (C=N–C) groups is 1. The average Bonchev–Trinajstić information content (AvgIpc) is 2.76. The van der Waals surface area contributed by atoms with Crippen LogP contribution in [0.3, 0.4) is 0 Å². The maximum atomic E-state index is 13.0. The molecule has 3 aromatic rings. The summed E-state index contributed by atoms with van der Waals surface area (Å²) in [5.74, 6) is -0.0771. The molecule has 0 aliphatic carbocycles. The first-order valence-electron chi connectivity index (χ1n) is 9.80. The smallest absolute Gasteiger partial charge is 0.416 e. The van der Waals surface area contributed by atoms with Crippen molar-refractivity contribution in [3.05, 3.63) is 84.8 Å². The number of halogens is 5.